The Balaban J connectivity index is 0. The third-order valence-electron chi connectivity index (χ3n) is 0. The van der Waals surface area contributed by atoms with Crippen LogP contribution in [-0.4, -0.2) is -0.565 Å². The van der Waals surface area contributed by atoms with E-state index in [-0.39, 0.29) is 0 Å². The third kappa shape index (κ3) is 65.4. The van der Waals surface area contributed by atoms with Gasteiger partial charge in [0, 0.05) is 0 Å². The predicted octanol–water partition coefficient (Wildman–Crippen LogP) is 3.99. The lowest BCUT2D eigenvalue weighted by Crippen LogP contribution is -1.82. The van der Waals surface area contributed by atoms with Crippen LogP contribution in [0.1, 0.15) is 20.8 Å². The maximum Gasteiger partial charge on any atom is 0.121 e. The fraction of sp³-hybridized carbons (Fsp3) is 1.00. The first kappa shape index (κ1) is 11.9. The Hall–Kier alpha value is 2.19. The zero-order chi connectivity index (χ0) is 6.50. The van der Waals surface area contributed by atoms with Crippen LogP contribution in [-0.2, 0) is 0 Å². The topological polar surface area (TPSA) is 0 Å². The first-order valence-corrected chi connectivity index (χ1v) is 5.30. The van der Waals surface area contributed by atoms with Crippen LogP contribution in [0, 0.1) is 0 Å². The summed E-state index contributed by atoms with van der Waals surface area (Å²) in [7, 11) is 0. The molecule has 0 amide bonds. The quantitative estimate of drug-likeness (QED) is 0.397. The molecular weight excluding hydrogens is 429 g/mol. The van der Waals surface area contributed by atoms with Gasteiger partial charge in [-0.15, -0.1) is 0 Å². The summed E-state index contributed by atoms with van der Waals surface area (Å²) >= 11 is 7.05. The highest BCUT2D eigenvalue weighted by Crippen LogP contribution is 2.33. The van der Waals surface area contributed by atoms with Gasteiger partial charge in [0.1, 0.15) is -0.565 Å². The first-order valence-electron chi connectivity index (χ1n) is 2.07. The molecule has 0 unspecified atom stereocenters. The normalized spacial score (nSPS) is 9.43. The van der Waals surface area contributed by atoms with E-state index in [1.807, 2.05) is 13.8 Å². The second-order valence-corrected chi connectivity index (χ2v) is 13.4. The highest BCUT2D eigenvalue weighted by molar-refractivity contribution is 14.3. The van der Waals surface area contributed by atoms with Crippen molar-refractivity contribution in [1.82, 2.24) is 0 Å². The fourth-order valence-electron chi connectivity index (χ4n) is 0. The molecule has 0 aliphatic rings. The summed E-state index contributed by atoms with van der Waals surface area (Å²) in [5, 5.41) is 0. The Morgan fingerprint density at radius 2 is 1.00 bits per heavy atom. The molecule has 0 bridgehead atoms. The molecule has 0 aromatic rings. The summed E-state index contributed by atoms with van der Waals surface area (Å²) in [4.78, 5) is 0. The van der Waals surface area contributed by atoms with Crippen LogP contribution in [0.5, 0.6) is 0 Å². The predicted molar refractivity (Wildman–Crippen MR) is 61.8 cm³/mol. The molecule has 0 fully saturated rings. The van der Waals surface area contributed by atoms with Crippen LogP contribution in [0.25, 0.3) is 0 Å². The summed E-state index contributed by atoms with van der Waals surface area (Å²) in [5.74, 6) is 0. The first-order chi connectivity index (χ1) is 3.00. The van der Waals surface area contributed by atoms with Crippen LogP contribution in [0.15, 0.2) is 0 Å². The second-order valence-electron chi connectivity index (χ2n) is 0.781. The van der Waals surface area contributed by atoms with Crippen molar-refractivity contribution in [3.8, 4) is 0 Å². The van der Waals surface area contributed by atoms with Gasteiger partial charge in [0.2, 0.25) is 0 Å². The van der Waals surface area contributed by atoms with Gasteiger partial charge in [-0.05, 0) is 6.92 Å². The standard InChI is InChI=1S/C2H3I3.C2H6/c1-2(3,4)5;1-2/h1H3;1-2H3. The van der Waals surface area contributed by atoms with E-state index >= 15 is 0 Å². The van der Waals surface area contributed by atoms with Crippen molar-refractivity contribution in [3.63, 3.8) is 0 Å². The van der Waals surface area contributed by atoms with Crippen LogP contribution >= 0.6 is 67.8 Å². The van der Waals surface area contributed by atoms with Crippen molar-refractivity contribution >= 4 is 67.8 Å². The molecule has 0 saturated carbocycles. The van der Waals surface area contributed by atoms with Crippen molar-refractivity contribution in [2.75, 3.05) is 0 Å². The molecule has 46 valence electrons. The average molecular weight is 438 g/mol. The lowest BCUT2D eigenvalue weighted by atomic mass is 11.0. The Morgan fingerprint density at radius 3 is 1.00 bits per heavy atom. The maximum absolute atomic E-state index is 2.35. The van der Waals surface area contributed by atoms with Crippen molar-refractivity contribution in [3.05, 3.63) is 0 Å². The van der Waals surface area contributed by atoms with E-state index in [1.165, 1.54) is 0 Å². The van der Waals surface area contributed by atoms with Crippen molar-refractivity contribution in [2.45, 2.75) is 20.2 Å². The summed E-state index contributed by atoms with van der Waals surface area (Å²) in [6.07, 6.45) is 0. The largest absolute Gasteiger partial charge is 0.121 e. The molecule has 0 saturated heterocycles. The number of alkyl halides is 3. The highest BCUT2D eigenvalue weighted by Gasteiger charge is 2.04. The number of halogens is 3. The molecule has 3 heteroatoms. The van der Waals surface area contributed by atoms with Crippen molar-refractivity contribution in [2.24, 2.45) is 0 Å². The van der Waals surface area contributed by atoms with Gasteiger partial charge in [-0.1, -0.05) is 81.6 Å². The Labute approximate surface area is 86.6 Å². The number of rotatable bonds is 0. The molecule has 0 atom stereocenters. The zero-order valence-corrected chi connectivity index (χ0v) is 11.1. The smallest absolute Gasteiger partial charge is 0.0683 e. The zero-order valence-electron chi connectivity index (χ0n) is 4.63. The Kier molecular flexibility index (Phi) is 10.8. The van der Waals surface area contributed by atoms with Crippen LogP contribution in [0.2, 0.25) is 0 Å². The molecule has 0 N–H and O–H groups in total. The van der Waals surface area contributed by atoms with Crippen molar-refractivity contribution < 1.29 is 0 Å². The summed E-state index contributed by atoms with van der Waals surface area (Å²) in [6, 6.07) is 0. The summed E-state index contributed by atoms with van der Waals surface area (Å²) in [6.45, 7) is 6.15. The molecule has 0 aliphatic heterocycles. The fourth-order valence-corrected chi connectivity index (χ4v) is 0. The van der Waals surface area contributed by atoms with Gasteiger partial charge < -0.3 is 0 Å². The van der Waals surface area contributed by atoms with Crippen LogP contribution < -0.4 is 0 Å². The van der Waals surface area contributed by atoms with Crippen molar-refractivity contribution in [1.29, 1.82) is 0 Å². The van der Waals surface area contributed by atoms with Crippen LogP contribution in [0.3, 0.4) is 0 Å². The SMILES string of the molecule is CC.CC(I)(I)I. The van der Waals surface area contributed by atoms with E-state index in [0.29, 0.717) is -0.565 Å². The Morgan fingerprint density at radius 1 is 1.00 bits per heavy atom. The average Bonchev–Trinajstić information content (AvgIpc) is 1.36. The lowest BCUT2D eigenvalue weighted by Gasteiger charge is -1.96. The van der Waals surface area contributed by atoms with Gasteiger partial charge in [-0.3, -0.25) is 0 Å². The van der Waals surface area contributed by atoms with E-state index in [4.69, 9.17) is 0 Å². The van der Waals surface area contributed by atoms with Gasteiger partial charge in [0.15, 0.2) is 0 Å². The molecule has 0 aromatic carbocycles. The van der Waals surface area contributed by atoms with Gasteiger partial charge >= 0.3 is 0 Å². The monoisotopic (exact) mass is 438 g/mol. The summed E-state index contributed by atoms with van der Waals surface area (Å²) in [5.41, 5.74) is 0. The second kappa shape index (κ2) is 6.31. The summed E-state index contributed by atoms with van der Waals surface area (Å²) < 4.78 is 0.410. The molecular formula is C4H9I3. The number of hydrogen-bond acceptors (Lipinski definition) is 0. The van der Waals surface area contributed by atoms with Gasteiger partial charge in [0.25, 0.3) is 0 Å². The molecule has 7 heavy (non-hydrogen) atoms. The lowest BCUT2D eigenvalue weighted by molar-refractivity contribution is 1.50. The molecule has 0 heterocycles. The minimum absolute atomic E-state index is 0.410. The molecule has 0 aliphatic carbocycles. The van der Waals surface area contributed by atoms with E-state index < -0.39 is 0 Å². The van der Waals surface area contributed by atoms with Gasteiger partial charge in [-0.2, -0.15) is 0 Å². The van der Waals surface area contributed by atoms with Gasteiger partial charge in [0.05, 0.1) is 0 Å². The van der Waals surface area contributed by atoms with E-state index in [0.717, 1.165) is 0 Å². The molecule has 0 nitrogen and oxygen atoms in total. The maximum atomic E-state index is 2.35. The minimum Gasteiger partial charge on any atom is -0.0683 e. The Bertz CT molecular complexity index is 22.4. The number of hydrogen-bond donors (Lipinski definition) is 0. The molecule has 0 aromatic heterocycles. The van der Waals surface area contributed by atoms with Gasteiger partial charge in [-0.25, -0.2) is 0 Å². The van der Waals surface area contributed by atoms with E-state index in [2.05, 4.69) is 74.7 Å². The molecule has 0 rings (SSSR count). The minimum atomic E-state index is 0.410. The molecule has 0 radical (unpaired) electrons. The van der Waals surface area contributed by atoms with E-state index in [9.17, 15) is 0 Å². The molecule has 0 spiro atoms. The van der Waals surface area contributed by atoms with E-state index in [1.54, 1.807) is 0 Å². The highest BCUT2D eigenvalue weighted by atomic mass is 127. The third-order valence-corrected chi connectivity index (χ3v) is 0. The van der Waals surface area contributed by atoms with Crippen LogP contribution in [0.4, 0.5) is 0 Å².